The quantitative estimate of drug-likeness (QED) is 0.840. The number of carbonyl (C=O) groups excluding carboxylic acids is 2. The van der Waals surface area contributed by atoms with Crippen LogP contribution >= 0.6 is 0 Å². The summed E-state index contributed by atoms with van der Waals surface area (Å²) in [6.07, 6.45) is 3.72. The topological polar surface area (TPSA) is 71.8 Å². The van der Waals surface area contributed by atoms with Gasteiger partial charge in [-0.05, 0) is 49.6 Å². The van der Waals surface area contributed by atoms with Crippen molar-refractivity contribution in [2.24, 2.45) is 0 Å². The van der Waals surface area contributed by atoms with Gasteiger partial charge in [-0.3, -0.25) is 4.79 Å². The Morgan fingerprint density at radius 1 is 1.28 bits per heavy atom. The van der Waals surface area contributed by atoms with Crippen LogP contribution in [0.4, 0.5) is 10.5 Å². The highest BCUT2D eigenvalue weighted by Gasteiger charge is 2.31. The highest BCUT2D eigenvalue weighted by Crippen LogP contribution is 2.32. The number of nitrogens with one attached hydrogen (secondary N) is 1. The van der Waals surface area contributed by atoms with E-state index in [4.69, 9.17) is 9.15 Å². The van der Waals surface area contributed by atoms with E-state index in [1.165, 1.54) is 0 Å². The highest BCUT2D eigenvalue weighted by atomic mass is 16.5. The summed E-state index contributed by atoms with van der Waals surface area (Å²) in [5, 5.41) is 2.91. The molecule has 2 amide bonds. The second kappa shape index (κ2) is 7.88. The third-order valence-electron chi connectivity index (χ3n) is 4.24. The van der Waals surface area contributed by atoms with Gasteiger partial charge < -0.3 is 19.4 Å². The van der Waals surface area contributed by atoms with E-state index in [1.54, 1.807) is 30.2 Å². The van der Waals surface area contributed by atoms with Crippen LogP contribution in [-0.2, 0) is 16.0 Å². The summed E-state index contributed by atoms with van der Waals surface area (Å²) in [5.74, 6) is 0.565. The Bertz CT molecular complexity index is 710. The second-order valence-corrected chi connectivity index (χ2v) is 5.98. The number of nitrogens with zero attached hydrogens (tertiary/aromatic N) is 1. The van der Waals surface area contributed by atoms with Crippen molar-refractivity contribution in [1.82, 2.24) is 4.90 Å². The SMILES string of the molecule is CCOC(=O)Cc1ccc(NC(=O)N2CCCC2c2ccco2)cc1. The molecule has 2 aromatic rings. The summed E-state index contributed by atoms with van der Waals surface area (Å²) in [6.45, 7) is 2.86. The van der Waals surface area contributed by atoms with Gasteiger partial charge in [0.25, 0.3) is 0 Å². The molecule has 132 valence electrons. The van der Waals surface area contributed by atoms with Gasteiger partial charge in [0.1, 0.15) is 5.76 Å². The zero-order valence-electron chi connectivity index (χ0n) is 14.2. The predicted molar refractivity (Wildman–Crippen MR) is 93.2 cm³/mol. The van der Waals surface area contributed by atoms with E-state index in [0.29, 0.717) is 18.8 Å². The minimum Gasteiger partial charge on any atom is -0.467 e. The van der Waals surface area contributed by atoms with Crippen LogP contribution in [0.1, 0.15) is 37.1 Å². The average Bonchev–Trinajstić information content (AvgIpc) is 3.28. The number of amides is 2. The zero-order valence-corrected chi connectivity index (χ0v) is 14.2. The van der Waals surface area contributed by atoms with Crippen LogP contribution < -0.4 is 5.32 Å². The maximum Gasteiger partial charge on any atom is 0.322 e. The third kappa shape index (κ3) is 4.21. The Kier molecular flexibility index (Phi) is 5.38. The average molecular weight is 342 g/mol. The molecular weight excluding hydrogens is 320 g/mol. The number of carbonyl (C=O) groups is 2. The van der Waals surface area contributed by atoms with Gasteiger partial charge in [-0.15, -0.1) is 0 Å². The number of benzene rings is 1. The van der Waals surface area contributed by atoms with Crippen molar-refractivity contribution in [2.75, 3.05) is 18.5 Å². The number of likely N-dealkylation sites (tertiary alicyclic amines) is 1. The fourth-order valence-electron chi connectivity index (χ4n) is 3.07. The number of hydrogen-bond acceptors (Lipinski definition) is 4. The van der Waals surface area contributed by atoms with Crippen LogP contribution in [-0.4, -0.2) is 30.1 Å². The molecule has 25 heavy (non-hydrogen) atoms. The van der Waals surface area contributed by atoms with Gasteiger partial charge in [-0.2, -0.15) is 0 Å². The van der Waals surface area contributed by atoms with Gasteiger partial charge in [0.15, 0.2) is 0 Å². The van der Waals surface area contributed by atoms with Gasteiger partial charge >= 0.3 is 12.0 Å². The molecule has 1 N–H and O–H groups in total. The van der Waals surface area contributed by atoms with Crippen molar-refractivity contribution in [3.63, 3.8) is 0 Å². The lowest BCUT2D eigenvalue weighted by Crippen LogP contribution is -2.34. The van der Waals surface area contributed by atoms with Crippen molar-refractivity contribution in [3.05, 3.63) is 54.0 Å². The summed E-state index contributed by atoms with van der Waals surface area (Å²) in [7, 11) is 0. The highest BCUT2D eigenvalue weighted by molar-refractivity contribution is 5.89. The molecule has 6 nitrogen and oxygen atoms in total. The first-order chi connectivity index (χ1) is 12.2. The van der Waals surface area contributed by atoms with Gasteiger partial charge in [-0.1, -0.05) is 12.1 Å². The largest absolute Gasteiger partial charge is 0.467 e. The molecule has 1 unspecified atom stereocenters. The third-order valence-corrected chi connectivity index (χ3v) is 4.24. The summed E-state index contributed by atoms with van der Waals surface area (Å²) in [4.78, 5) is 25.9. The number of anilines is 1. The van der Waals surface area contributed by atoms with E-state index in [0.717, 1.165) is 24.2 Å². The standard InChI is InChI=1S/C19H22N2O4/c1-2-24-18(22)13-14-7-9-15(10-8-14)20-19(23)21-11-3-5-16(21)17-6-4-12-25-17/h4,6-10,12,16H,2-3,5,11,13H2,1H3,(H,20,23). The Hall–Kier alpha value is -2.76. The summed E-state index contributed by atoms with van der Waals surface area (Å²) in [5.41, 5.74) is 1.55. The maximum atomic E-state index is 12.6. The van der Waals surface area contributed by atoms with Crippen molar-refractivity contribution in [3.8, 4) is 0 Å². The van der Waals surface area contributed by atoms with Crippen LogP contribution in [0.15, 0.2) is 47.1 Å². The normalized spacial score (nSPS) is 16.7. The molecular formula is C19H22N2O4. The molecule has 0 spiro atoms. The van der Waals surface area contributed by atoms with E-state index >= 15 is 0 Å². The van der Waals surface area contributed by atoms with E-state index in [2.05, 4.69) is 5.32 Å². The van der Waals surface area contributed by atoms with E-state index < -0.39 is 0 Å². The fourth-order valence-corrected chi connectivity index (χ4v) is 3.07. The van der Waals surface area contributed by atoms with E-state index in [-0.39, 0.29) is 24.5 Å². The molecule has 0 bridgehead atoms. The van der Waals surface area contributed by atoms with Crippen LogP contribution in [0.2, 0.25) is 0 Å². The van der Waals surface area contributed by atoms with Gasteiger partial charge in [0, 0.05) is 12.2 Å². The summed E-state index contributed by atoms with van der Waals surface area (Å²) < 4.78 is 10.4. The lowest BCUT2D eigenvalue weighted by Gasteiger charge is -2.23. The summed E-state index contributed by atoms with van der Waals surface area (Å²) >= 11 is 0. The second-order valence-electron chi connectivity index (χ2n) is 5.98. The molecule has 1 aromatic carbocycles. The molecule has 0 radical (unpaired) electrons. The molecule has 1 aliphatic heterocycles. The molecule has 1 fully saturated rings. The molecule has 1 aliphatic rings. The fraction of sp³-hybridized carbons (Fsp3) is 0.368. The number of rotatable bonds is 5. The lowest BCUT2D eigenvalue weighted by molar-refractivity contribution is -0.142. The van der Waals surface area contributed by atoms with Crippen LogP contribution in [0.3, 0.4) is 0 Å². The van der Waals surface area contributed by atoms with Crippen molar-refractivity contribution in [2.45, 2.75) is 32.2 Å². The van der Waals surface area contributed by atoms with Crippen molar-refractivity contribution in [1.29, 1.82) is 0 Å². The maximum absolute atomic E-state index is 12.6. The molecule has 6 heteroatoms. The van der Waals surface area contributed by atoms with Gasteiger partial charge in [-0.25, -0.2) is 4.79 Å². The first kappa shape index (κ1) is 17.1. The van der Waals surface area contributed by atoms with Crippen molar-refractivity contribution < 1.29 is 18.7 Å². The van der Waals surface area contributed by atoms with Crippen molar-refractivity contribution >= 4 is 17.7 Å². The predicted octanol–water partition coefficient (Wildman–Crippen LogP) is 3.75. The number of esters is 1. The number of ether oxygens (including phenoxy) is 1. The van der Waals surface area contributed by atoms with Crippen LogP contribution in [0.25, 0.3) is 0 Å². The van der Waals surface area contributed by atoms with E-state index in [1.807, 2.05) is 24.3 Å². The first-order valence-corrected chi connectivity index (χ1v) is 8.53. The zero-order chi connectivity index (χ0) is 17.6. The molecule has 0 aliphatic carbocycles. The Labute approximate surface area is 146 Å². The molecule has 1 saturated heterocycles. The number of hydrogen-bond donors (Lipinski definition) is 1. The summed E-state index contributed by atoms with van der Waals surface area (Å²) in [6, 6.07) is 10.8. The lowest BCUT2D eigenvalue weighted by atomic mass is 10.1. The Balaban J connectivity index is 1.60. The van der Waals surface area contributed by atoms with Gasteiger partial charge in [0.05, 0.1) is 25.3 Å². The number of furan rings is 1. The van der Waals surface area contributed by atoms with Crippen LogP contribution in [0, 0.1) is 0 Å². The molecule has 1 aromatic heterocycles. The molecule has 3 rings (SSSR count). The van der Waals surface area contributed by atoms with Gasteiger partial charge in [0.2, 0.25) is 0 Å². The molecule has 2 heterocycles. The Morgan fingerprint density at radius 2 is 2.08 bits per heavy atom. The van der Waals surface area contributed by atoms with E-state index in [9.17, 15) is 9.59 Å². The first-order valence-electron chi connectivity index (χ1n) is 8.53. The number of urea groups is 1. The monoisotopic (exact) mass is 342 g/mol. The minimum absolute atomic E-state index is 0.0157. The Morgan fingerprint density at radius 3 is 2.76 bits per heavy atom. The minimum atomic E-state index is -0.252. The smallest absolute Gasteiger partial charge is 0.322 e. The molecule has 1 atom stereocenters. The van der Waals surface area contributed by atoms with Crippen LogP contribution in [0.5, 0.6) is 0 Å². The molecule has 0 saturated carbocycles.